The molecule has 1 saturated heterocycles. The fourth-order valence-electron chi connectivity index (χ4n) is 4.93. The van der Waals surface area contributed by atoms with Crippen LogP contribution in [0.2, 0.25) is 0 Å². The first kappa shape index (κ1) is 21.9. The van der Waals surface area contributed by atoms with Gasteiger partial charge in [-0.3, -0.25) is 9.30 Å². The van der Waals surface area contributed by atoms with Gasteiger partial charge in [-0.25, -0.2) is 9.10 Å². The molecule has 0 unspecified atom stereocenters. The minimum Gasteiger partial charge on any atom is -0.493 e. The molecule has 0 saturated carbocycles. The molecule has 0 aliphatic carbocycles. The van der Waals surface area contributed by atoms with E-state index >= 15 is 0 Å². The summed E-state index contributed by atoms with van der Waals surface area (Å²) >= 11 is 1.23. The summed E-state index contributed by atoms with van der Waals surface area (Å²) < 4.78 is 15.4. The summed E-state index contributed by atoms with van der Waals surface area (Å²) in [6.45, 7) is 9.62. The molecule has 0 radical (unpaired) electrons. The first-order valence-electron chi connectivity index (χ1n) is 11.2. The molecule has 3 aliphatic heterocycles. The number of amides is 1. The van der Waals surface area contributed by atoms with Crippen molar-refractivity contribution in [2.45, 2.75) is 51.7 Å². The van der Waals surface area contributed by atoms with E-state index in [0.717, 1.165) is 52.4 Å². The van der Waals surface area contributed by atoms with Crippen LogP contribution in [0.5, 0.6) is 11.5 Å². The second kappa shape index (κ2) is 7.58. The predicted molar refractivity (Wildman–Crippen MR) is 131 cm³/mol. The zero-order valence-corrected chi connectivity index (χ0v) is 20.5. The Morgan fingerprint density at radius 2 is 1.97 bits per heavy atom. The number of rotatable bonds is 3. The van der Waals surface area contributed by atoms with Crippen LogP contribution in [0, 0.1) is 0 Å². The van der Waals surface area contributed by atoms with E-state index in [1.165, 1.54) is 22.0 Å². The molecule has 0 aromatic heterocycles. The average Bonchev–Trinajstić information content (AvgIpc) is 3.36. The molecule has 3 heterocycles. The molecule has 2 aromatic rings. The van der Waals surface area contributed by atoms with Gasteiger partial charge in [0.2, 0.25) is 0 Å². The van der Waals surface area contributed by atoms with E-state index < -0.39 is 6.09 Å². The third-order valence-electron chi connectivity index (χ3n) is 6.23. The number of carboxylic acid groups (broad SMARTS) is 1. The quantitative estimate of drug-likeness (QED) is 0.645. The topological polar surface area (TPSA) is 74.6 Å². The Hall–Kier alpha value is -2.87. The van der Waals surface area contributed by atoms with Crippen molar-refractivity contribution < 1.29 is 19.4 Å². The van der Waals surface area contributed by atoms with Crippen LogP contribution in [0.1, 0.15) is 49.9 Å². The van der Waals surface area contributed by atoms with Gasteiger partial charge in [0.1, 0.15) is 5.60 Å². The van der Waals surface area contributed by atoms with Crippen molar-refractivity contribution in [1.82, 2.24) is 4.31 Å². The maximum absolute atomic E-state index is 11.4. The highest BCUT2D eigenvalue weighted by Gasteiger charge is 2.39. The maximum Gasteiger partial charge on any atom is 0.418 e. The lowest BCUT2D eigenvalue weighted by Gasteiger charge is -2.31. The van der Waals surface area contributed by atoms with Crippen LogP contribution in [-0.2, 0) is 12.8 Å². The molecule has 2 aromatic carbocycles. The van der Waals surface area contributed by atoms with Gasteiger partial charge >= 0.3 is 6.09 Å². The molecule has 0 bridgehead atoms. The first-order valence-corrected chi connectivity index (χ1v) is 11.9. The van der Waals surface area contributed by atoms with E-state index in [0.29, 0.717) is 13.1 Å². The van der Waals surface area contributed by atoms with Gasteiger partial charge < -0.3 is 14.6 Å². The van der Waals surface area contributed by atoms with Gasteiger partial charge in [-0.2, -0.15) is 0 Å². The van der Waals surface area contributed by atoms with Crippen LogP contribution in [0.3, 0.4) is 0 Å². The summed E-state index contributed by atoms with van der Waals surface area (Å²) in [5, 5.41) is 9.32. The van der Waals surface area contributed by atoms with Crippen molar-refractivity contribution in [3.8, 4) is 11.5 Å². The van der Waals surface area contributed by atoms with Gasteiger partial charge in [-0.15, -0.1) is 0 Å². The van der Waals surface area contributed by atoms with E-state index in [1.807, 2.05) is 16.4 Å². The Balaban J connectivity index is 1.61. The Kier molecular flexibility index (Phi) is 5.04. The van der Waals surface area contributed by atoms with Gasteiger partial charge in [-0.1, -0.05) is 12.1 Å². The summed E-state index contributed by atoms with van der Waals surface area (Å²) in [6.07, 6.45) is 0.694. The summed E-state index contributed by atoms with van der Waals surface area (Å²) in [4.78, 5) is 16.6. The molecule has 8 heteroatoms. The van der Waals surface area contributed by atoms with Gasteiger partial charge in [0.25, 0.3) is 0 Å². The van der Waals surface area contributed by atoms with Crippen molar-refractivity contribution in [3.05, 3.63) is 52.6 Å². The highest BCUT2D eigenvalue weighted by molar-refractivity contribution is 7.99. The van der Waals surface area contributed by atoms with Crippen LogP contribution in [0.25, 0.3) is 0 Å². The number of nitrogens with zero attached hydrogens (tertiary/aromatic N) is 3. The molecule has 5 rings (SSSR count). The number of hydrogen-bond acceptors (Lipinski definition) is 6. The van der Waals surface area contributed by atoms with Crippen molar-refractivity contribution in [1.29, 1.82) is 0 Å². The SMILES string of the molecule is COc1cc2c(c3c1OC(C)(C)C3)C(c1cccc(N3CCN(C(=O)O)S3)c1)=NC(C)(C)C2. The Morgan fingerprint density at radius 1 is 1.18 bits per heavy atom. The lowest BCUT2D eigenvalue weighted by molar-refractivity contribution is 0.134. The molecule has 3 aliphatic rings. The summed E-state index contributed by atoms with van der Waals surface area (Å²) in [5.41, 5.74) is 5.91. The summed E-state index contributed by atoms with van der Waals surface area (Å²) in [6, 6.07) is 10.3. The Morgan fingerprint density at radius 3 is 2.67 bits per heavy atom. The summed E-state index contributed by atoms with van der Waals surface area (Å²) in [7, 11) is 1.69. The van der Waals surface area contributed by atoms with Crippen LogP contribution in [0.15, 0.2) is 35.3 Å². The average molecular weight is 468 g/mol. The number of carbonyl (C=O) groups is 1. The number of methoxy groups -OCH3 is 1. The highest BCUT2D eigenvalue weighted by Crippen LogP contribution is 2.48. The van der Waals surface area contributed by atoms with Crippen LogP contribution >= 0.6 is 12.1 Å². The molecule has 1 amide bonds. The summed E-state index contributed by atoms with van der Waals surface area (Å²) in [5.74, 6) is 1.60. The molecule has 1 N–H and O–H groups in total. The number of ether oxygens (including phenoxy) is 2. The smallest absolute Gasteiger partial charge is 0.418 e. The second-order valence-corrected chi connectivity index (χ2v) is 11.1. The van der Waals surface area contributed by atoms with Crippen LogP contribution < -0.4 is 13.8 Å². The van der Waals surface area contributed by atoms with E-state index in [-0.39, 0.29) is 11.1 Å². The monoisotopic (exact) mass is 467 g/mol. The van der Waals surface area contributed by atoms with Gasteiger partial charge in [0.15, 0.2) is 11.5 Å². The van der Waals surface area contributed by atoms with Crippen molar-refractivity contribution >= 4 is 29.6 Å². The molecular weight excluding hydrogens is 438 g/mol. The predicted octanol–water partition coefficient (Wildman–Crippen LogP) is 4.94. The number of hydrogen-bond donors (Lipinski definition) is 1. The molecule has 0 spiro atoms. The van der Waals surface area contributed by atoms with Gasteiger partial charge in [0.05, 0.1) is 43.6 Å². The first-order chi connectivity index (χ1) is 15.6. The molecular formula is C25H29N3O4S. The zero-order chi connectivity index (χ0) is 23.5. The van der Waals surface area contributed by atoms with Gasteiger partial charge in [-0.05, 0) is 57.9 Å². The molecule has 174 valence electrons. The minimum atomic E-state index is -0.918. The van der Waals surface area contributed by atoms with E-state index in [2.05, 4.69) is 45.9 Å². The number of anilines is 1. The standard InChI is InChI=1S/C25H29N3O4S/c1-24(2)13-16-12-19(31-5)22-18(14-25(3,4)32-22)20(16)21(26-24)15-7-6-8-17(11-15)27-9-10-28(33-27)23(29)30/h6-8,11-12H,9-10,13-14H2,1-5H3,(H,29,30). The van der Waals surface area contributed by atoms with Crippen molar-refractivity contribution in [2.75, 3.05) is 24.5 Å². The molecule has 7 nitrogen and oxygen atoms in total. The minimum absolute atomic E-state index is 0.255. The molecule has 1 fully saturated rings. The maximum atomic E-state index is 11.4. The normalized spacial score (nSPS) is 20.1. The van der Waals surface area contributed by atoms with E-state index in [1.54, 1.807) is 7.11 Å². The van der Waals surface area contributed by atoms with Crippen molar-refractivity contribution in [3.63, 3.8) is 0 Å². The van der Waals surface area contributed by atoms with Crippen LogP contribution in [-0.4, -0.2) is 52.6 Å². The van der Waals surface area contributed by atoms with Crippen LogP contribution in [0.4, 0.5) is 10.5 Å². The second-order valence-electron chi connectivity index (χ2n) is 10.0. The van der Waals surface area contributed by atoms with E-state index in [9.17, 15) is 9.90 Å². The fraction of sp³-hybridized carbons (Fsp3) is 0.440. The molecule has 33 heavy (non-hydrogen) atoms. The third kappa shape index (κ3) is 3.90. The number of benzene rings is 2. The lowest BCUT2D eigenvalue weighted by atomic mass is 9.81. The molecule has 0 atom stereocenters. The third-order valence-corrected chi connectivity index (χ3v) is 7.35. The van der Waals surface area contributed by atoms with Crippen molar-refractivity contribution in [2.24, 2.45) is 4.99 Å². The Labute approximate surface area is 198 Å². The highest BCUT2D eigenvalue weighted by atomic mass is 32.2. The zero-order valence-electron chi connectivity index (χ0n) is 19.6. The van der Waals surface area contributed by atoms with Gasteiger partial charge in [0, 0.05) is 28.8 Å². The fourth-order valence-corrected chi connectivity index (χ4v) is 5.77. The number of fused-ring (bicyclic) bond motifs is 3. The number of aliphatic imine (C=N–C) groups is 1. The largest absolute Gasteiger partial charge is 0.493 e. The van der Waals surface area contributed by atoms with E-state index in [4.69, 9.17) is 14.5 Å². The lowest BCUT2D eigenvalue weighted by Crippen LogP contribution is -2.30. The Bertz CT molecular complexity index is 1170.